The number of nitrogens with zero attached hydrogens (tertiary/aromatic N) is 1. The van der Waals surface area contributed by atoms with Crippen LogP contribution in [0.4, 0.5) is 4.39 Å². The lowest BCUT2D eigenvalue weighted by atomic mass is 9.92. The molecule has 0 aromatic carbocycles. The van der Waals surface area contributed by atoms with E-state index in [2.05, 4.69) is 10.3 Å². The van der Waals surface area contributed by atoms with Crippen LogP contribution in [0.15, 0.2) is 18.3 Å². The first kappa shape index (κ1) is 12.5. The van der Waals surface area contributed by atoms with Gasteiger partial charge in [-0.05, 0) is 25.0 Å². The summed E-state index contributed by atoms with van der Waals surface area (Å²) in [6.07, 6.45) is 6.29. The minimum atomic E-state index is -0.291. The maximum Gasteiger partial charge on any atom is 0.141 e. The average molecular weight is 238 g/mol. The van der Waals surface area contributed by atoms with Gasteiger partial charge in [-0.15, -0.1) is 0 Å². The van der Waals surface area contributed by atoms with Crippen molar-refractivity contribution in [3.63, 3.8) is 0 Å². The number of aromatic nitrogens is 1. The maximum absolute atomic E-state index is 12.7. The van der Waals surface area contributed by atoms with Gasteiger partial charge in [0.05, 0.1) is 18.0 Å². The predicted molar refractivity (Wildman–Crippen MR) is 64.1 cm³/mol. The van der Waals surface area contributed by atoms with Crippen molar-refractivity contribution in [2.24, 2.45) is 0 Å². The minimum absolute atomic E-state index is 0.291. The number of rotatable bonds is 4. The van der Waals surface area contributed by atoms with Crippen LogP contribution in [0.3, 0.4) is 0 Å². The fourth-order valence-corrected chi connectivity index (χ4v) is 2.36. The quantitative estimate of drug-likeness (QED) is 0.873. The largest absolute Gasteiger partial charge is 0.380 e. The van der Waals surface area contributed by atoms with E-state index >= 15 is 0 Å². The minimum Gasteiger partial charge on any atom is -0.380 e. The van der Waals surface area contributed by atoms with Crippen molar-refractivity contribution < 1.29 is 9.13 Å². The summed E-state index contributed by atoms with van der Waals surface area (Å²) in [7, 11) is 1.76. The van der Waals surface area contributed by atoms with Crippen LogP contribution in [0.1, 0.15) is 31.4 Å². The summed E-state index contributed by atoms with van der Waals surface area (Å²) < 4.78 is 18.2. The van der Waals surface area contributed by atoms with Crippen LogP contribution < -0.4 is 5.32 Å². The molecule has 0 bridgehead atoms. The van der Waals surface area contributed by atoms with Crippen LogP contribution in [0.25, 0.3) is 0 Å². The fourth-order valence-electron chi connectivity index (χ4n) is 2.36. The molecular weight excluding hydrogens is 219 g/mol. The first-order chi connectivity index (χ1) is 8.29. The van der Waals surface area contributed by atoms with Gasteiger partial charge in [-0.2, -0.15) is 0 Å². The van der Waals surface area contributed by atoms with Crippen molar-refractivity contribution in [3.05, 3.63) is 29.8 Å². The molecule has 4 heteroatoms. The van der Waals surface area contributed by atoms with Gasteiger partial charge in [-0.1, -0.05) is 12.8 Å². The summed E-state index contributed by atoms with van der Waals surface area (Å²) in [6, 6.07) is 3.55. The zero-order chi connectivity index (χ0) is 12.1. The van der Waals surface area contributed by atoms with Gasteiger partial charge in [-0.25, -0.2) is 4.39 Å². The van der Waals surface area contributed by atoms with Crippen LogP contribution in [0.5, 0.6) is 0 Å². The lowest BCUT2D eigenvalue weighted by molar-refractivity contribution is 0.0412. The number of hydrogen-bond acceptors (Lipinski definition) is 3. The lowest BCUT2D eigenvalue weighted by Gasteiger charge is -2.31. The Labute approximate surface area is 101 Å². The maximum atomic E-state index is 12.7. The Bertz CT molecular complexity index is 342. The standard InChI is InChI=1S/C13H19FN2O/c1-17-13-5-3-2-4-12(13)16-9-11-7-6-10(14)8-15-11/h6-8,12-13,16H,2-5,9H2,1H3/t12-,13-/m0/s1. The van der Waals surface area contributed by atoms with E-state index in [9.17, 15) is 4.39 Å². The van der Waals surface area contributed by atoms with Gasteiger partial charge < -0.3 is 10.1 Å². The molecule has 0 unspecified atom stereocenters. The number of nitrogens with one attached hydrogen (secondary N) is 1. The Hall–Kier alpha value is -1.00. The first-order valence-corrected chi connectivity index (χ1v) is 6.16. The van der Waals surface area contributed by atoms with E-state index in [0.717, 1.165) is 18.5 Å². The number of methoxy groups -OCH3 is 1. The molecule has 1 fully saturated rings. The Morgan fingerprint density at radius 2 is 2.24 bits per heavy atom. The van der Waals surface area contributed by atoms with Crippen molar-refractivity contribution in [2.45, 2.75) is 44.4 Å². The van der Waals surface area contributed by atoms with Gasteiger partial charge in [0.15, 0.2) is 0 Å². The molecule has 94 valence electrons. The van der Waals surface area contributed by atoms with Gasteiger partial charge in [0.1, 0.15) is 5.82 Å². The SMILES string of the molecule is CO[C@H]1CCCC[C@@H]1NCc1ccc(F)cn1. The number of ether oxygens (including phenoxy) is 1. The zero-order valence-corrected chi connectivity index (χ0v) is 10.2. The summed E-state index contributed by atoms with van der Waals surface area (Å²) in [6.45, 7) is 0.671. The summed E-state index contributed by atoms with van der Waals surface area (Å²) in [5, 5.41) is 3.45. The molecule has 17 heavy (non-hydrogen) atoms. The summed E-state index contributed by atoms with van der Waals surface area (Å²) in [4.78, 5) is 4.04. The second-order valence-electron chi connectivity index (χ2n) is 4.51. The molecule has 1 aliphatic carbocycles. The molecular formula is C13H19FN2O. The molecule has 0 aliphatic heterocycles. The number of hydrogen-bond donors (Lipinski definition) is 1. The predicted octanol–water partition coefficient (Wildman–Crippen LogP) is 2.27. The highest BCUT2D eigenvalue weighted by molar-refractivity contribution is 5.05. The average Bonchev–Trinajstić information content (AvgIpc) is 2.38. The Kier molecular flexibility index (Phi) is 4.45. The molecule has 1 N–H and O–H groups in total. The van der Waals surface area contributed by atoms with E-state index in [0.29, 0.717) is 18.7 Å². The van der Waals surface area contributed by atoms with Crippen molar-refractivity contribution in [2.75, 3.05) is 7.11 Å². The number of pyridine rings is 1. The van der Waals surface area contributed by atoms with Crippen LogP contribution in [-0.2, 0) is 11.3 Å². The smallest absolute Gasteiger partial charge is 0.141 e. The topological polar surface area (TPSA) is 34.1 Å². The van der Waals surface area contributed by atoms with Gasteiger partial charge in [0.2, 0.25) is 0 Å². The van der Waals surface area contributed by atoms with Gasteiger partial charge in [-0.3, -0.25) is 4.98 Å². The summed E-state index contributed by atoms with van der Waals surface area (Å²) >= 11 is 0. The van der Waals surface area contributed by atoms with Crippen LogP contribution >= 0.6 is 0 Å². The van der Waals surface area contributed by atoms with E-state index in [-0.39, 0.29) is 5.82 Å². The van der Waals surface area contributed by atoms with Gasteiger partial charge in [0, 0.05) is 19.7 Å². The second kappa shape index (κ2) is 6.07. The molecule has 0 saturated heterocycles. The van der Waals surface area contributed by atoms with E-state index in [1.807, 2.05) is 0 Å². The molecule has 0 radical (unpaired) electrons. The molecule has 1 aromatic rings. The van der Waals surface area contributed by atoms with Crippen LogP contribution in [0, 0.1) is 5.82 Å². The van der Waals surface area contributed by atoms with E-state index in [1.165, 1.54) is 25.1 Å². The molecule has 0 amide bonds. The monoisotopic (exact) mass is 238 g/mol. The normalized spacial score (nSPS) is 24.8. The van der Waals surface area contributed by atoms with Crippen LogP contribution in [0.2, 0.25) is 0 Å². The van der Waals surface area contributed by atoms with Crippen molar-refractivity contribution in [1.82, 2.24) is 10.3 Å². The third kappa shape index (κ3) is 3.48. The van der Waals surface area contributed by atoms with Crippen molar-refractivity contribution in [3.8, 4) is 0 Å². The third-order valence-electron chi connectivity index (χ3n) is 3.34. The molecule has 1 aliphatic rings. The van der Waals surface area contributed by atoms with Gasteiger partial charge >= 0.3 is 0 Å². The van der Waals surface area contributed by atoms with Crippen molar-refractivity contribution in [1.29, 1.82) is 0 Å². The van der Waals surface area contributed by atoms with Crippen molar-refractivity contribution >= 4 is 0 Å². The Morgan fingerprint density at radius 3 is 2.94 bits per heavy atom. The highest BCUT2D eigenvalue weighted by Gasteiger charge is 2.24. The van der Waals surface area contributed by atoms with E-state index in [1.54, 1.807) is 13.2 Å². The second-order valence-corrected chi connectivity index (χ2v) is 4.51. The van der Waals surface area contributed by atoms with E-state index in [4.69, 9.17) is 4.74 Å². The fraction of sp³-hybridized carbons (Fsp3) is 0.615. The van der Waals surface area contributed by atoms with Crippen LogP contribution in [-0.4, -0.2) is 24.2 Å². The molecule has 1 heterocycles. The molecule has 1 aromatic heterocycles. The molecule has 3 nitrogen and oxygen atoms in total. The molecule has 1 saturated carbocycles. The van der Waals surface area contributed by atoms with Gasteiger partial charge in [0.25, 0.3) is 0 Å². The first-order valence-electron chi connectivity index (χ1n) is 6.16. The number of halogens is 1. The lowest BCUT2D eigenvalue weighted by Crippen LogP contribution is -2.42. The summed E-state index contributed by atoms with van der Waals surface area (Å²) in [5.41, 5.74) is 0.867. The molecule has 0 spiro atoms. The molecule has 2 rings (SSSR count). The Morgan fingerprint density at radius 1 is 1.41 bits per heavy atom. The van der Waals surface area contributed by atoms with E-state index < -0.39 is 0 Å². The summed E-state index contributed by atoms with van der Waals surface area (Å²) in [5.74, 6) is -0.291. The Balaban J connectivity index is 1.86. The highest BCUT2D eigenvalue weighted by atomic mass is 19.1. The highest BCUT2D eigenvalue weighted by Crippen LogP contribution is 2.20. The molecule has 2 atom stereocenters. The third-order valence-corrected chi connectivity index (χ3v) is 3.34. The zero-order valence-electron chi connectivity index (χ0n) is 10.2.